The molecule has 5 heteroatoms. The van der Waals surface area contributed by atoms with Gasteiger partial charge in [0.05, 0.1) is 5.75 Å². The molecule has 1 N–H and O–H groups in total. The number of unbranched alkanes of at least 4 members (excludes halogenated alkanes) is 1. The second kappa shape index (κ2) is 7.34. The van der Waals surface area contributed by atoms with Gasteiger partial charge >= 0.3 is 5.97 Å². The first-order valence-corrected chi connectivity index (χ1v) is 8.92. The number of carbonyl (C=O) groups is 2. The number of hydrogen-bond acceptors (Lipinski definition) is 3. The van der Waals surface area contributed by atoms with Gasteiger partial charge in [-0.25, -0.2) is 4.79 Å². The van der Waals surface area contributed by atoms with Crippen molar-refractivity contribution in [1.29, 1.82) is 0 Å². The first-order valence-electron chi connectivity index (χ1n) is 7.76. The van der Waals surface area contributed by atoms with Gasteiger partial charge in [0, 0.05) is 6.04 Å². The van der Waals surface area contributed by atoms with E-state index < -0.39 is 12.0 Å². The van der Waals surface area contributed by atoms with Crippen LogP contribution in [-0.2, 0) is 9.59 Å². The molecule has 1 aliphatic heterocycles. The second-order valence-corrected chi connectivity index (χ2v) is 7.01. The van der Waals surface area contributed by atoms with Gasteiger partial charge in [-0.15, -0.1) is 0 Å². The molecule has 0 bridgehead atoms. The van der Waals surface area contributed by atoms with Crippen molar-refractivity contribution in [2.75, 3.05) is 11.5 Å². The molecule has 1 heterocycles. The molecule has 0 aromatic carbocycles. The van der Waals surface area contributed by atoms with Gasteiger partial charge in [-0.05, 0) is 37.4 Å². The second-order valence-electron chi connectivity index (χ2n) is 5.91. The number of amides is 1. The van der Waals surface area contributed by atoms with E-state index in [0.717, 1.165) is 37.9 Å². The van der Waals surface area contributed by atoms with Crippen LogP contribution in [0.4, 0.5) is 0 Å². The molecular weight excluding hydrogens is 274 g/mol. The summed E-state index contributed by atoms with van der Waals surface area (Å²) in [7, 11) is 0. The molecule has 3 unspecified atom stereocenters. The molecule has 2 fully saturated rings. The monoisotopic (exact) mass is 299 g/mol. The lowest BCUT2D eigenvalue weighted by molar-refractivity contribution is -0.148. The van der Waals surface area contributed by atoms with E-state index in [-0.39, 0.29) is 11.9 Å². The molecular formula is C15H25NO3S. The molecule has 0 radical (unpaired) electrons. The van der Waals surface area contributed by atoms with E-state index in [1.165, 1.54) is 6.42 Å². The Balaban J connectivity index is 1.97. The van der Waals surface area contributed by atoms with Crippen LogP contribution in [0.2, 0.25) is 0 Å². The Kier molecular flexibility index (Phi) is 5.75. The molecule has 20 heavy (non-hydrogen) atoms. The van der Waals surface area contributed by atoms with Crippen molar-refractivity contribution in [3.05, 3.63) is 0 Å². The predicted octanol–water partition coefficient (Wildman–Crippen LogP) is 2.76. The van der Waals surface area contributed by atoms with E-state index >= 15 is 0 Å². The Hall–Kier alpha value is -0.710. The topological polar surface area (TPSA) is 57.6 Å². The summed E-state index contributed by atoms with van der Waals surface area (Å²) < 4.78 is 0. The largest absolute Gasteiger partial charge is 0.480 e. The van der Waals surface area contributed by atoms with Crippen LogP contribution in [-0.4, -0.2) is 45.5 Å². The molecule has 1 amide bonds. The number of fused-ring (bicyclic) bond motifs is 1. The van der Waals surface area contributed by atoms with Crippen LogP contribution in [0.3, 0.4) is 0 Å². The molecule has 0 aromatic heterocycles. The van der Waals surface area contributed by atoms with Crippen LogP contribution in [0, 0.1) is 5.92 Å². The molecule has 2 aliphatic rings. The van der Waals surface area contributed by atoms with Crippen molar-refractivity contribution < 1.29 is 14.7 Å². The number of hydrogen-bond donors (Lipinski definition) is 1. The lowest BCUT2D eigenvalue weighted by atomic mass is 9.85. The number of likely N-dealkylation sites (tertiary alicyclic amines) is 1. The van der Waals surface area contributed by atoms with Gasteiger partial charge in [-0.2, -0.15) is 11.8 Å². The minimum Gasteiger partial charge on any atom is -0.480 e. The SMILES string of the molecule is CCCCSCC(=O)N1C(C(=O)O)CC2CCCCC21. The number of carbonyl (C=O) groups excluding carboxylic acids is 1. The summed E-state index contributed by atoms with van der Waals surface area (Å²) in [4.78, 5) is 25.6. The lowest BCUT2D eigenvalue weighted by Crippen LogP contribution is -2.47. The third-order valence-electron chi connectivity index (χ3n) is 4.53. The normalized spacial score (nSPS) is 29.2. The summed E-state index contributed by atoms with van der Waals surface area (Å²) in [6.45, 7) is 2.13. The van der Waals surface area contributed by atoms with Crippen LogP contribution in [0.15, 0.2) is 0 Å². The number of rotatable bonds is 6. The van der Waals surface area contributed by atoms with Gasteiger partial charge in [0.15, 0.2) is 0 Å². The molecule has 0 aromatic rings. The molecule has 0 spiro atoms. The molecule has 1 saturated carbocycles. The molecule has 1 saturated heterocycles. The van der Waals surface area contributed by atoms with Crippen molar-refractivity contribution in [3.8, 4) is 0 Å². The van der Waals surface area contributed by atoms with Crippen LogP contribution in [0.5, 0.6) is 0 Å². The highest BCUT2D eigenvalue weighted by atomic mass is 32.2. The summed E-state index contributed by atoms with van der Waals surface area (Å²) in [5.74, 6) is 1.04. The fourth-order valence-corrected chi connectivity index (χ4v) is 4.48. The predicted molar refractivity (Wildman–Crippen MR) is 80.9 cm³/mol. The summed E-state index contributed by atoms with van der Waals surface area (Å²) in [5, 5.41) is 9.39. The van der Waals surface area contributed by atoms with E-state index in [0.29, 0.717) is 18.1 Å². The summed E-state index contributed by atoms with van der Waals surface area (Å²) >= 11 is 1.64. The van der Waals surface area contributed by atoms with Crippen LogP contribution in [0.25, 0.3) is 0 Å². The smallest absolute Gasteiger partial charge is 0.326 e. The third-order valence-corrected chi connectivity index (χ3v) is 5.56. The number of carboxylic acids is 1. The van der Waals surface area contributed by atoms with E-state index in [4.69, 9.17) is 0 Å². The molecule has 114 valence electrons. The highest BCUT2D eigenvalue weighted by Crippen LogP contribution is 2.40. The van der Waals surface area contributed by atoms with Crippen molar-refractivity contribution in [1.82, 2.24) is 4.90 Å². The number of carboxylic acid groups (broad SMARTS) is 1. The van der Waals surface area contributed by atoms with E-state index in [1.54, 1.807) is 16.7 Å². The Morgan fingerprint density at radius 1 is 1.30 bits per heavy atom. The quantitative estimate of drug-likeness (QED) is 0.766. The van der Waals surface area contributed by atoms with E-state index in [9.17, 15) is 14.7 Å². The Morgan fingerprint density at radius 2 is 2.05 bits per heavy atom. The Bertz CT molecular complexity index is 361. The fraction of sp³-hybridized carbons (Fsp3) is 0.867. The van der Waals surface area contributed by atoms with Crippen molar-refractivity contribution in [2.24, 2.45) is 5.92 Å². The van der Waals surface area contributed by atoms with Crippen molar-refractivity contribution >= 4 is 23.6 Å². The van der Waals surface area contributed by atoms with Gasteiger partial charge in [-0.1, -0.05) is 26.2 Å². The Labute approximate surface area is 125 Å². The first-order chi connectivity index (χ1) is 9.65. The lowest BCUT2D eigenvalue weighted by Gasteiger charge is -2.33. The highest BCUT2D eigenvalue weighted by molar-refractivity contribution is 7.99. The average Bonchev–Trinajstić information content (AvgIpc) is 2.83. The van der Waals surface area contributed by atoms with Gasteiger partial charge < -0.3 is 10.0 Å². The molecule has 1 aliphatic carbocycles. The maximum atomic E-state index is 12.4. The number of nitrogens with zero attached hydrogens (tertiary/aromatic N) is 1. The van der Waals surface area contributed by atoms with Crippen LogP contribution >= 0.6 is 11.8 Å². The fourth-order valence-electron chi connectivity index (χ4n) is 3.52. The zero-order valence-corrected chi connectivity index (χ0v) is 13.0. The maximum absolute atomic E-state index is 12.4. The van der Waals surface area contributed by atoms with Gasteiger partial charge in [0.25, 0.3) is 0 Å². The molecule has 3 atom stereocenters. The van der Waals surface area contributed by atoms with Crippen LogP contribution in [0.1, 0.15) is 51.9 Å². The number of aliphatic carboxylic acids is 1. The maximum Gasteiger partial charge on any atom is 0.326 e. The zero-order valence-electron chi connectivity index (χ0n) is 12.2. The average molecular weight is 299 g/mol. The van der Waals surface area contributed by atoms with E-state index in [2.05, 4.69) is 6.92 Å². The number of thioether (sulfide) groups is 1. The standard InChI is InChI=1S/C15H25NO3S/c1-2-3-8-20-10-14(17)16-12-7-5-4-6-11(12)9-13(16)15(18)19/h11-13H,2-10H2,1H3,(H,18,19). The summed E-state index contributed by atoms with van der Waals surface area (Å²) in [5.41, 5.74) is 0. The van der Waals surface area contributed by atoms with Crippen LogP contribution < -0.4 is 0 Å². The minimum absolute atomic E-state index is 0.0351. The summed E-state index contributed by atoms with van der Waals surface area (Å²) in [6.07, 6.45) is 7.28. The van der Waals surface area contributed by atoms with Gasteiger partial charge in [0.2, 0.25) is 5.91 Å². The first kappa shape index (κ1) is 15.7. The van der Waals surface area contributed by atoms with Gasteiger partial charge in [-0.3, -0.25) is 4.79 Å². The van der Waals surface area contributed by atoms with Crippen molar-refractivity contribution in [3.63, 3.8) is 0 Å². The molecule has 2 rings (SSSR count). The van der Waals surface area contributed by atoms with Gasteiger partial charge in [0.1, 0.15) is 6.04 Å². The van der Waals surface area contributed by atoms with E-state index in [1.807, 2.05) is 0 Å². The Morgan fingerprint density at radius 3 is 2.75 bits per heavy atom. The summed E-state index contributed by atoms with van der Waals surface area (Å²) in [6, 6.07) is -0.397. The van der Waals surface area contributed by atoms with Crippen molar-refractivity contribution in [2.45, 2.75) is 64.0 Å². The molecule has 4 nitrogen and oxygen atoms in total. The highest BCUT2D eigenvalue weighted by Gasteiger charge is 2.47. The zero-order chi connectivity index (χ0) is 14.5. The third kappa shape index (κ3) is 3.48. The minimum atomic E-state index is -0.827.